The van der Waals surface area contributed by atoms with Crippen molar-refractivity contribution in [2.24, 2.45) is 0 Å². The van der Waals surface area contributed by atoms with Crippen LogP contribution in [0.5, 0.6) is 0 Å². The number of alkyl halides is 3. The minimum Gasteiger partial charge on any atom is -0.465 e. The smallest absolute Gasteiger partial charge is 0.389 e. The largest absolute Gasteiger partial charge is 0.465 e. The van der Waals surface area contributed by atoms with Crippen molar-refractivity contribution in [1.82, 2.24) is 0 Å². The van der Waals surface area contributed by atoms with Gasteiger partial charge in [0.1, 0.15) is 0 Å². The first-order valence-electron chi connectivity index (χ1n) is 6.75. The number of anilines is 1. The predicted molar refractivity (Wildman–Crippen MR) is 75.5 cm³/mol. The zero-order valence-electron chi connectivity index (χ0n) is 12.4. The van der Waals surface area contributed by atoms with Crippen LogP contribution in [0.3, 0.4) is 0 Å². The Hall–Kier alpha value is -1.72. The summed E-state index contributed by atoms with van der Waals surface area (Å²) in [7, 11) is 1.31. The Kier molecular flexibility index (Phi) is 6.05. The Labute approximate surface area is 122 Å². The van der Waals surface area contributed by atoms with Gasteiger partial charge in [0.05, 0.1) is 12.7 Å². The summed E-state index contributed by atoms with van der Waals surface area (Å²) in [5.74, 6) is -0.414. The van der Waals surface area contributed by atoms with E-state index in [9.17, 15) is 18.0 Å². The van der Waals surface area contributed by atoms with Crippen LogP contribution in [0.2, 0.25) is 0 Å². The van der Waals surface area contributed by atoms with Gasteiger partial charge in [0.15, 0.2) is 0 Å². The maximum absolute atomic E-state index is 12.1. The quantitative estimate of drug-likeness (QED) is 0.796. The van der Waals surface area contributed by atoms with Gasteiger partial charge < -0.3 is 10.1 Å². The number of aryl methyl sites for hydroxylation is 1. The van der Waals surface area contributed by atoms with E-state index < -0.39 is 18.6 Å². The average molecular weight is 303 g/mol. The van der Waals surface area contributed by atoms with E-state index in [1.54, 1.807) is 18.2 Å². The lowest BCUT2D eigenvalue weighted by Gasteiger charge is -2.18. The third-order valence-corrected chi connectivity index (χ3v) is 3.15. The highest BCUT2D eigenvalue weighted by atomic mass is 19.4. The molecule has 0 amide bonds. The highest BCUT2D eigenvalue weighted by Gasteiger charge is 2.26. The van der Waals surface area contributed by atoms with Gasteiger partial charge in [-0.25, -0.2) is 4.79 Å². The molecule has 0 aliphatic carbocycles. The van der Waals surface area contributed by atoms with Gasteiger partial charge in [-0.1, -0.05) is 0 Å². The maximum atomic E-state index is 12.1. The van der Waals surface area contributed by atoms with E-state index in [2.05, 4.69) is 10.1 Å². The Balaban J connectivity index is 2.56. The lowest BCUT2D eigenvalue weighted by atomic mass is 10.1. The molecule has 118 valence electrons. The van der Waals surface area contributed by atoms with Gasteiger partial charge in [-0.2, -0.15) is 13.2 Å². The van der Waals surface area contributed by atoms with Gasteiger partial charge in [0.2, 0.25) is 0 Å². The van der Waals surface area contributed by atoms with Crippen molar-refractivity contribution in [1.29, 1.82) is 0 Å². The maximum Gasteiger partial charge on any atom is 0.389 e. The molecule has 0 saturated carbocycles. The third-order valence-electron chi connectivity index (χ3n) is 3.15. The molecule has 0 saturated heterocycles. The number of nitrogens with one attached hydrogen (secondary N) is 1. The van der Waals surface area contributed by atoms with Crippen molar-refractivity contribution in [2.45, 2.75) is 45.3 Å². The molecular weight excluding hydrogens is 283 g/mol. The van der Waals surface area contributed by atoms with Gasteiger partial charge in [-0.15, -0.1) is 0 Å². The summed E-state index contributed by atoms with van der Waals surface area (Å²) in [4.78, 5) is 11.4. The zero-order chi connectivity index (χ0) is 16.0. The van der Waals surface area contributed by atoms with Gasteiger partial charge in [-0.05, 0) is 50.5 Å². The van der Waals surface area contributed by atoms with Gasteiger partial charge >= 0.3 is 12.1 Å². The normalized spacial score (nSPS) is 12.9. The number of benzene rings is 1. The number of methoxy groups -OCH3 is 1. The fourth-order valence-electron chi connectivity index (χ4n) is 2.02. The second kappa shape index (κ2) is 7.33. The van der Waals surface area contributed by atoms with Crippen molar-refractivity contribution in [3.8, 4) is 0 Å². The van der Waals surface area contributed by atoms with E-state index in [0.29, 0.717) is 12.0 Å². The second-order valence-electron chi connectivity index (χ2n) is 5.07. The molecule has 1 aromatic carbocycles. The molecule has 1 unspecified atom stereocenters. The van der Waals surface area contributed by atoms with Crippen molar-refractivity contribution in [2.75, 3.05) is 12.4 Å². The summed E-state index contributed by atoms with van der Waals surface area (Å²) in [5.41, 5.74) is 2.10. The van der Waals surface area contributed by atoms with Crippen LogP contribution < -0.4 is 5.32 Å². The van der Waals surface area contributed by atoms with Gasteiger partial charge in [-0.3, -0.25) is 0 Å². The van der Waals surface area contributed by atoms with E-state index in [1.165, 1.54) is 7.11 Å². The molecular formula is C15H20F3NO2. The molecule has 0 aromatic heterocycles. The third kappa shape index (κ3) is 6.06. The zero-order valence-corrected chi connectivity index (χ0v) is 12.4. The number of hydrogen-bond acceptors (Lipinski definition) is 3. The first-order chi connectivity index (χ1) is 9.73. The summed E-state index contributed by atoms with van der Waals surface area (Å²) < 4.78 is 40.9. The lowest BCUT2D eigenvalue weighted by molar-refractivity contribution is -0.135. The van der Waals surface area contributed by atoms with E-state index in [0.717, 1.165) is 11.3 Å². The van der Waals surface area contributed by atoms with Crippen LogP contribution in [-0.4, -0.2) is 25.3 Å². The number of carbonyl (C=O) groups is 1. The van der Waals surface area contributed by atoms with Crippen molar-refractivity contribution < 1.29 is 22.7 Å². The Bertz CT molecular complexity index is 486. The van der Waals surface area contributed by atoms with E-state index >= 15 is 0 Å². The number of esters is 1. The van der Waals surface area contributed by atoms with Crippen LogP contribution in [0.15, 0.2) is 18.2 Å². The molecule has 0 spiro atoms. The topological polar surface area (TPSA) is 38.3 Å². The molecule has 0 fully saturated rings. The predicted octanol–water partition coefficient (Wildman–Crippen LogP) is 4.31. The first kappa shape index (κ1) is 17.3. The number of ether oxygens (including phenoxy) is 1. The molecule has 0 aliphatic rings. The molecule has 0 bridgehead atoms. The number of rotatable bonds is 6. The van der Waals surface area contributed by atoms with Crippen molar-refractivity contribution in [3.05, 3.63) is 29.3 Å². The van der Waals surface area contributed by atoms with Crippen LogP contribution in [0.4, 0.5) is 18.9 Å². The molecule has 0 heterocycles. The molecule has 0 aliphatic heterocycles. The molecule has 1 atom stereocenters. The summed E-state index contributed by atoms with van der Waals surface area (Å²) in [6.07, 6.45) is -4.34. The van der Waals surface area contributed by atoms with Gasteiger partial charge in [0.25, 0.3) is 0 Å². The summed E-state index contributed by atoms with van der Waals surface area (Å²) in [5, 5.41) is 3.16. The number of halogens is 3. The lowest BCUT2D eigenvalue weighted by Crippen LogP contribution is -2.17. The van der Waals surface area contributed by atoms with Crippen molar-refractivity contribution in [3.63, 3.8) is 0 Å². The monoisotopic (exact) mass is 303 g/mol. The van der Waals surface area contributed by atoms with Gasteiger partial charge in [0, 0.05) is 18.2 Å². The Morgan fingerprint density at radius 2 is 2.05 bits per heavy atom. The van der Waals surface area contributed by atoms with Crippen molar-refractivity contribution >= 4 is 11.7 Å². The Morgan fingerprint density at radius 3 is 2.57 bits per heavy atom. The average Bonchev–Trinajstić information content (AvgIpc) is 2.38. The highest BCUT2D eigenvalue weighted by Crippen LogP contribution is 2.24. The highest BCUT2D eigenvalue weighted by molar-refractivity contribution is 5.90. The van der Waals surface area contributed by atoms with E-state index in [-0.39, 0.29) is 12.5 Å². The van der Waals surface area contributed by atoms with E-state index in [4.69, 9.17) is 0 Å². The van der Waals surface area contributed by atoms with Crippen LogP contribution >= 0.6 is 0 Å². The second-order valence-corrected chi connectivity index (χ2v) is 5.07. The van der Waals surface area contributed by atoms with Crippen LogP contribution in [0, 0.1) is 6.92 Å². The summed E-state index contributed by atoms with van der Waals surface area (Å²) >= 11 is 0. The number of hydrogen-bond donors (Lipinski definition) is 1. The number of carbonyl (C=O) groups excluding carboxylic acids is 1. The molecule has 1 aromatic rings. The minimum atomic E-state index is -4.10. The first-order valence-corrected chi connectivity index (χ1v) is 6.75. The standard InChI is InChI=1S/C15H20F3NO2/c1-10-9-12(14(20)21-3)6-7-13(10)19-11(2)5-4-8-15(16,17)18/h6-7,9,11,19H,4-5,8H2,1-3H3. The SMILES string of the molecule is COC(=O)c1ccc(NC(C)CCCC(F)(F)F)c(C)c1. The fourth-order valence-corrected chi connectivity index (χ4v) is 2.02. The minimum absolute atomic E-state index is 0.0740. The molecule has 1 N–H and O–H groups in total. The van der Waals surface area contributed by atoms with Crippen LogP contribution in [0.1, 0.15) is 42.1 Å². The molecule has 21 heavy (non-hydrogen) atoms. The molecule has 0 radical (unpaired) electrons. The summed E-state index contributed by atoms with van der Waals surface area (Å²) in [6, 6.07) is 4.98. The Morgan fingerprint density at radius 1 is 1.38 bits per heavy atom. The fraction of sp³-hybridized carbons (Fsp3) is 0.533. The summed E-state index contributed by atoms with van der Waals surface area (Å²) in [6.45, 7) is 3.67. The van der Waals surface area contributed by atoms with E-state index in [1.807, 2.05) is 13.8 Å². The molecule has 3 nitrogen and oxygen atoms in total. The molecule has 6 heteroatoms. The van der Waals surface area contributed by atoms with Crippen LogP contribution in [-0.2, 0) is 4.74 Å². The molecule has 1 rings (SSSR count). The van der Waals surface area contributed by atoms with Crippen LogP contribution in [0.25, 0.3) is 0 Å².